The molecule has 18 heavy (non-hydrogen) atoms. The van der Waals surface area contributed by atoms with Crippen molar-refractivity contribution in [1.29, 1.82) is 0 Å². The topological polar surface area (TPSA) is 54.5 Å². The normalized spacial score (nSPS) is 10.7. The predicted molar refractivity (Wildman–Crippen MR) is 70.6 cm³/mol. The Bertz CT molecular complexity index is 601. The lowest BCUT2D eigenvalue weighted by Gasteiger charge is -1.96. The van der Waals surface area contributed by atoms with Gasteiger partial charge in [-0.1, -0.05) is 0 Å². The Labute approximate surface area is 109 Å². The van der Waals surface area contributed by atoms with E-state index in [0.717, 1.165) is 24.4 Å². The maximum absolute atomic E-state index is 4.58. The van der Waals surface area contributed by atoms with Crippen molar-refractivity contribution in [1.82, 2.24) is 19.9 Å². The van der Waals surface area contributed by atoms with E-state index in [2.05, 4.69) is 19.9 Å². The molecule has 1 N–H and O–H groups in total. The summed E-state index contributed by atoms with van der Waals surface area (Å²) in [6.45, 7) is 0. The smallest absolute Gasteiger partial charge is 0.111 e. The second kappa shape index (κ2) is 5.10. The Morgan fingerprint density at radius 3 is 2.78 bits per heavy atom. The van der Waals surface area contributed by atoms with Crippen LogP contribution in [-0.4, -0.2) is 19.9 Å². The van der Waals surface area contributed by atoms with Crippen LogP contribution in [0, 0.1) is 0 Å². The molecule has 0 aliphatic rings. The molecule has 0 bridgehead atoms. The Kier molecular flexibility index (Phi) is 3.14. The summed E-state index contributed by atoms with van der Waals surface area (Å²) in [5.74, 6) is 0.989. The Hall–Kier alpha value is -2.01. The van der Waals surface area contributed by atoms with Crippen LogP contribution < -0.4 is 0 Å². The number of thiazole rings is 1. The fourth-order valence-electron chi connectivity index (χ4n) is 1.79. The maximum Gasteiger partial charge on any atom is 0.111 e. The van der Waals surface area contributed by atoms with Crippen LogP contribution in [0.4, 0.5) is 0 Å². The van der Waals surface area contributed by atoms with Gasteiger partial charge in [0.15, 0.2) is 0 Å². The summed E-state index contributed by atoms with van der Waals surface area (Å²) < 4.78 is 0. The quantitative estimate of drug-likeness (QED) is 0.780. The first-order chi connectivity index (χ1) is 8.90. The molecular weight excluding hydrogens is 244 g/mol. The first kappa shape index (κ1) is 11.1. The molecule has 0 saturated heterocycles. The number of aromatic nitrogens is 4. The minimum absolute atomic E-state index is 0.820. The minimum atomic E-state index is 0.820. The molecule has 3 aromatic rings. The lowest BCUT2D eigenvalue weighted by molar-refractivity contribution is 1.01. The highest BCUT2D eigenvalue weighted by Gasteiger charge is 2.04. The van der Waals surface area contributed by atoms with Crippen LogP contribution in [-0.2, 0) is 12.8 Å². The molecule has 0 saturated carbocycles. The van der Waals surface area contributed by atoms with Crippen molar-refractivity contribution in [3.05, 3.63) is 64.4 Å². The van der Waals surface area contributed by atoms with Gasteiger partial charge >= 0.3 is 0 Å². The second-order valence-corrected chi connectivity index (χ2v) is 4.99. The van der Waals surface area contributed by atoms with E-state index in [1.807, 2.05) is 30.0 Å². The average Bonchev–Trinajstić information content (AvgIpc) is 3.03. The van der Waals surface area contributed by atoms with Crippen molar-refractivity contribution in [3.8, 4) is 0 Å². The lowest BCUT2D eigenvalue weighted by atomic mass is 10.2. The van der Waals surface area contributed by atoms with Crippen LogP contribution in [0.3, 0.4) is 0 Å². The van der Waals surface area contributed by atoms with Gasteiger partial charge < -0.3 is 4.98 Å². The minimum Gasteiger partial charge on any atom is -0.348 e. The van der Waals surface area contributed by atoms with Crippen LogP contribution in [0.2, 0.25) is 0 Å². The molecule has 0 aliphatic heterocycles. The van der Waals surface area contributed by atoms with Crippen molar-refractivity contribution in [2.75, 3.05) is 0 Å². The second-order valence-electron chi connectivity index (χ2n) is 4.02. The number of aromatic amines is 1. The lowest BCUT2D eigenvalue weighted by Crippen LogP contribution is -1.91. The van der Waals surface area contributed by atoms with Gasteiger partial charge in [-0.3, -0.25) is 9.97 Å². The molecule has 0 aromatic carbocycles. The zero-order chi connectivity index (χ0) is 12.2. The van der Waals surface area contributed by atoms with Gasteiger partial charge in [-0.05, 0) is 17.7 Å². The van der Waals surface area contributed by atoms with E-state index in [9.17, 15) is 0 Å². The Balaban J connectivity index is 1.70. The summed E-state index contributed by atoms with van der Waals surface area (Å²) in [7, 11) is 0. The van der Waals surface area contributed by atoms with Crippen LogP contribution in [0.1, 0.15) is 22.0 Å². The van der Waals surface area contributed by atoms with Crippen molar-refractivity contribution < 1.29 is 0 Å². The molecule has 4 nitrogen and oxygen atoms in total. The number of pyridine rings is 1. The van der Waals surface area contributed by atoms with Crippen LogP contribution in [0.25, 0.3) is 0 Å². The molecule has 5 heteroatoms. The molecule has 0 fully saturated rings. The highest BCUT2D eigenvalue weighted by Crippen LogP contribution is 2.12. The van der Waals surface area contributed by atoms with Crippen molar-refractivity contribution in [2.45, 2.75) is 12.8 Å². The molecule has 90 valence electrons. The number of hydrogen-bond acceptors (Lipinski definition) is 4. The molecule has 0 amide bonds. The molecule has 0 unspecified atom stereocenters. The van der Waals surface area contributed by atoms with E-state index in [1.165, 1.54) is 10.4 Å². The van der Waals surface area contributed by atoms with E-state index < -0.39 is 0 Å². The number of nitrogens with zero attached hydrogens (tertiary/aromatic N) is 3. The fraction of sp³-hybridized carbons (Fsp3) is 0.154. The highest BCUT2D eigenvalue weighted by molar-refractivity contribution is 7.09. The van der Waals surface area contributed by atoms with Gasteiger partial charge in [-0.2, -0.15) is 0 Å². The van der Waals surface area contributed by atoms with Crippen molar-refractivity contribution in [3.63, 3.8) is 0 Å². The van der Waals surface area contributed by atoms with E-state index in [4.69, 9.17) is 0 Å². The summed E-state index contributed by atoms with van der Waals surface area (Å²) in [6, 6.07) is 4.02. The SMILES string of the molecule is c1cc(Cc2c[nH]c(Cc3cncs3)n2)ccn1. The van der Waals surface area contributed by atoms with Gasteiger partial charge in [-0.25, -0.2) is 4.98 Å². The van der Waals surface area contributed by atoms with Crippen LogP contribution in [0.15, 0.2) is 42.4 Å². The maximum atomic E-state index is 4.58. The monoisotopic (exact) mass is 256 g/mol. The third-order valence-corrected chi connectivity index (χ3v) is 3.42. The summed E-state index contributed by atoms with van der Waals surface area (Å²) >= 11 is 1.65. The summed E-state index contributed by atoms with van der Waals surface area (Å²) in [5, 5.41) is 0. The van der Waals surface area contributed by atoms with Crippen molar-refractivity contribution >= 4 is 11.3 Å². The summed E-state index contributed by atoms with van der Waals surface area (Å²) in [6.07, 6.45) is 9.12. The Morgan fingerprint density at radius 1 is 1.11 bits per heavy atom. The highest BCUT2D eigenvalue weighted by atomic mass is 32.1. The van der Waals surface area contributed by atoms with Gasteiger partial charge in [-0.15, -0.1) is 11.3 Å². The van der Waals surface area contributed by atoms with Crippen molar-refractivity contribution in [2.24, 2.45) is 0 Å². The van der Waals surface area contributed by atoms with Gasteiger partial charge in [0.25, 0.3) is 0 Å². The Morgan fingerprint density at radius 2 is 2.00 bits per heavy atom. The number of nitrogens with one attached hydrogen (secondary N) is 1. The molecule has 0 spiro atoms. The van der Waals surface area contributed by atoms with E-state index in [1.54, 1.807) is 23.7 Å². The number of rotatable bonds is 4. The van der Waals surface area contributed by atoms with Gasteiger partial charge in [0.1, 0.15) is 5.82 Å². The first-order valence-electron chi connectivity index (χ1n) is 5.69. The van der Waals surface area contributed by atoms with Gasteiger partial charge in [0, 0.05) is 42.5 Å². The molecule has 3 aromatic heterocycles. The predicted octanol–water partition coefficient (Wildman–Crippen LogP) is 2.44. The number of H-pyrrole nitrogens is 1. The van der Waals surface area contributed by atoms with E-state index in [-0.39, 0.29) is 0 Å². The fourth-order valence-corrected chi connectivity index (χ4v) is 2.39. The third-order valence-electron chi connectivity index (χ3n) is 2.64. The van der Waals surface area contributed by atoms with E-state index >= 15 is 0 Å². The number of hydrogen-bond donors (Lipinski definition) is 1. The average molecular weight is 256 g/mol. The van der Waals surface area contributed by atoms with E-state index in [0.29, 0.717) is 0 Å². The van der Waals surface area contributed by atoms with Gasteiger partial charge in [0.05, 0.1) is 11.2 Å². The molecule has 0 atom stereocenters. The standard InChI is InChI=1S/C13H12N4S/c1-3-14-4-2-10(1)5-11-7-16-13(17-11)6-12-8-15-9-18-12/h1-4,7-9H,5-6H2,(H,16,17). The van der Waals surface area contributed by atoms with Crippen LogP contribution >= 0.6 is 11.3 Å². The zero-order valence-electron chi connectivity index (χ0n) is 9.71. The molecule has 3 rings (SSSR count). The molecular formula is C13H12N4S. The van der Waals surface area contributed by atoms with Gasteiger partial charge in [0.2, 0.25) is 0 Å². The first-order valence-corrected chi connectivity index (χ1v) is 6.57. The number of imidazole rings is 1. The van der Waals surface area contributed by atoms with Crippen LogP contribution in [0.5, 0.6) is 0 Å². The molecule has 0 aliphatic carbocycles. The zero-order valence-corrected chi connectivity index (χ0v) is 10.5. The summed E-state index contributed by atoms with van der Waals surface area (Å²) in [5.41, 5.74) is 4.12. The third kappa shape index (κ3) is 2.62. The molecule has 0 radical (unpaired) electrons. The molecule has 3 heterocycles. The summed E-state index contributed by atoms with van der Waals surface area (Å²) in [4.78, 5) is 17.1. The largest absolute Gasteiger partial charge is 0.348 e.